The fourth-order valence-electron chi connectivity index (χ4n) is 2.84. The molecule has 7 heteroatoms. The molecule has 0 radical (unpaired) electrons. The number of nitrogens with zero attached hydrogens (tertiary/aromatic N) is 1. The molecule has 3 N–H and O–H groups in total. The third kappa shape index (κ3) is 8.91. The molecule has 33 heavy (non-hydrogen) atoms. The second-order valence-electron chi connectivity index (χ2n) is 7.31. The first-order valence-corrected chi connectivity index (χ1v) is 10.5. The van der Waals surface area contributed by atoms with Crippen molar-refractivity contribution >= 4 is 23.2 Å². The highest BCUT2D eigenvalue weighted by atomic mass is 19.1. The average Bonchev–Trinajstić information content (AvgIpc) is 2.80. The number of nitrogens with one attached hydrogen (secondary N) is 2. The van der Waals surface area contributed by atoms with Crippen LogP contribution in [0.15, 0.2) is 72.5 Å². The van der Waals surface area contributed by atoms with Crippen molar-refractivity contribution in [2.75, 3.05) is 24.2 Å². The molecule has 0 saturated carbocycles. The van der Waals surface area contributed by atoms with E-state index in [1.54, 1.807) is 31.0 Å². The number of rotatable bonds is 8. The summed E-state index contributed by atoms with van der Waals surface area (Å²) in [5.74, 6) is 4.29. The zero-order chi connectivity index (χ0) is 24.2. The summed E-state index contributed by atoms with van der Waals surface area (Å²) < 4.78 is 12.9. The van der Waals surface area contributed by atoms with E-state index in [1.807, 2.05) is 19.1 Å². The SMILES string of the molecule is CCC(CNc1ccc(NC(=O)/C=C/C=C(\O)C#Cc2ccc(F)cc2)cc1)N(C)C(C)=O. The van der Waals surface area contributed by atoms with Crippen LogP contribution in [0, 0.1) is 17.7 Å². The van der Waals surface area contributed by atoms with E-state index in [1.165, 1.54) is 42.5 Å². The highest BCUT2D eigenvalue weighted by Crippen LogP contribution is 2.14. The minimum Gasteiger partial charge on any atom is -0.501 e. The molecule has 2 aromatic rings. The zero-order valence-electron chi connectivity index (χ0n) is 18.9. The third-order valence-corrected chi connectivity index (χ3v) is 4.89. The maximum absolute atomic E-state index is 12.9. The fourth-order valence-corrected chi connectivity index (χ4v) is 2.84. The van der Waals surface area contributed by atoms with Gasteiger partial charge in [0, 0.05) is 49.6 Å². The van der Waals surface area contributed by atoms with Gasteiger partial charge in [-0.3, -0.25) is 9.59 Å². The number of carbonyl (C=O) groups excluding carboxylic acids is 2. The Kier molecular flexibility index (Phi) is 9.72. The standard InChI is InChI=1S/C26H28FN3O3/c1-4-24(30(3)19(2)31)18-28-22-13-15-23(16-14-22)29-26(33)7-5-6-25(32)17-10-20-8-11-21(27)12-9-20/h5-9,11-16,24,28,32H,4,18H2,1-3H3,(H,29,33)/b7-5+,25-6-. The van der Waals surface area contributed by atoms with E-state index >= 15 is 0 Å². The first kappa shape index (κ1) is 25.2. The van der Waals surface area contributed by atoms with Crippen LogP contribution in [0.1, 0.15) is 25.8 Å². The molecule has 0 aliphatic rings. The molecule has 0 bridgehead atoms. The van der Waals surface area contributed by atoms with Crippen LogP contribution in [0.3, 0.4) is 0 Å². The molecule has 1 atom stereocenters. The second kappa shape index (κ2) is 12.7. The topological polar surface area (TPSA) is 81.7 Å². The van der Waals surface area contributed by atoms with Crippen LogP contribution in [0.5, 0.6) is 0 Å². The smallest absolute Gasteiger partial charge is 0.248 e. The lowest BCUT2D eigenvalue weighted by Crippen LogP contribution is -2.39. The first-order chi connectivity index (χ1) is 15.8. The van der Waals surface area contributed by atoms with Crippen molar-refractivity contribution in [3.63, 3.8) is 0 Å². The highest BCUT2D eigenvalue weighted by Gasteiger charge is 2.14. The molecular weight excluding hydrogens is 421 g/mol. The van der Waals surface area contributed by atoms with E-state index in [2.05, 4.69) is 22.5 Å². The number of carbonyl (C=O) groups is 2. The zero-order valence-corrected chi connectivity index (χ0v) is 18.9. The summed E-state index contributed by atoms with van der Waals surface area (Å²) in [6, 6.07) is 12.9. The Morgan fingerprint density at radius 2 is 1.76 bits per heavy atom. The van der Waals surface area contributed by atoms with Crippen molar-refractivity contribution in [3.05, 3.63) is 83.9 Å². The Balaban J connectivity index is 1.85. The van der Waals surface area contributed by atoms with E-state index in [4.69, 9.17) is 0 Å². The van der Waals surface area contributed by atoms with Crippen molar-refractivity contribution < 1.29 is 19.1 Å². The van der Waals surface area contributed by atoms with Gasteiger partial charge in [-0.25, -0.2) is 4.39 Å². The van der Waals surface area contributed by atoms with Gasteiger partial charge in [0.2, 0.25) is 11.8 Å². The lowest BCUT2D eigenvalue weighted by molar-refractivity contribution is -0.129. The van der Waals surface area contributed by atoms with Gasteiger partial charge in [0.05, 0.1) is 0 Å². The highest BCUT2D eigenvalue weighted by molar-refractivity contribution is 5.99. The lowest BCUT2D eigenvalue weighted by Gasteiger charge is -2.26. The summed E-state index contributed by atoms with van der Waals surface area (Å²) in [5, 5.41) is 15.8. The molecule has 1 unspecified atom stereocenters. The van der Waals surface area contributed by atoms with Gasteiger partial charge in [-0.2, -0.15) is 0 Å². The fraction of sp³-hybridized carbons (Fsp3) is 0.231. The number of halogens is 1. The molecule has 0 aliphatic carbocycles. The number of benzene rings is 2. The van der Waals surface area contributed by atoms with Crippen molar-refractivity contribution in [3.8, 4) is 11.8 Å². The Morgan fingerprint density at radius 3 is 2.36 bits per heavy atom. The van der Waals surface area contributed by atoms with Crippen LogP contribution in [-0.4, -0.2) is 41.5 Å². The number of aliphatic hydroxyl groups excluding tert-OH is 1. The minimum atomic E-state index is -0.361. The third-order valence-electron chi connectivity index (χ3n) is 4.89. The number of amides is 2. The van der Waals surface area contributed by atoms with Crippen LogP contribution in [0.2, 0.25) is 0 Å². The predicted molar refractivity (Wildman–Crippen MR) is 129 cm³/mol. The van der Waals surface area contributed by atoms with Gasteiger partial charge in [0.25, 0.3) is 0 Å². The van der Waals surface area contributed by atoms with Crippen molar-refractivity contribution in [1.82, 2.24) is 4.90 Å². The monoisotopic (exact) mass is 449 g/mol. The summed E-state index contributed by atoms with van der Waals surface area (Å²) in [6.07, 6.45) is 4.79. The van der Waals surface area contributed by atoms with Crippen LogP contribution in [-0.2, 0) is 9.59 Å². The number of hydrogen-bond acceptors (Lipinski definition) is 4. The number of anilines is 2. The van der Waals surface area contributed by atoms with Gasteiger partial charge < -0.3 is 20.6 Å². The second-order valence-corrected chi connectivity index (χ2v) is 7.31. The van der Waals surface area contributed by atoms with Crippen LogP contribution >= 0.6 is 0 Å². The van der Waals surface area contributed by atoms with Crippen LogP contribution in [0.4, 0.5) is 15.8 Å². The summed E-state index contributed by atoms with van der Waals surface area (Å²) in [4.78, 5) is 25.3. The molecule has 0 aliphatic heterocycles. The van der Waals surface area contributed by atoms with E-state index in [0.717, 1.165) is 12.1 Å². The van der Waals surface area contributed by atoms with Crippen molar-refractivity contribution in [1.29, 1.82) is 0 Å². The van der Waals surface area contributed by atoms with E-state index < -0.39 is 0 Å². The maximum Gasteiger partial charge on any atom is 0.248 e. The van der Waals surface area contributed by atoms with Gasteiger partial charge >= 0.3 is 0 Å². The van der Waals surface area contributed by atoms with E-state index in [9.17, 15) is 19.1 Å². The number of hydrogen-bond donors (Lipinski definition) is 3. The average molecular weight is 450 g/mol. The van der Waals surface area contributed by atoms with Gasteiger partial charge in [0.15, 0.2) is 5.76 Å². The summed E-state index contributed by atoms with van der Waals surface area (Å²) in [5.41, 5.74) is 2.06. The van der Waals surface area contributed by atoms with E-state index in [-0.39, 0.29) is 29.4 Å². The van der Waals surface area contributed by atoms with Gasteiger partial charge in [-0.05, 0) is 66.9 Å². The Hall–Kier alpha value is -4.05. The molecule has 0 spiro atoms. The quantitative estimate of drug-likeness (QED) is 0.240. The van der Waals surface area contributed by atoms with Crippen LogP contribution in [0.25, 0.3) is 0 Å². The predicted octanol–water partition coefficient (Wildman–Crippen LogP) is 4.48. The number of allylic oxidation sites excluding steroid dienone is 3. The Labute approximate surface area is 193 Å². The van der Waals surface area contributed by atoms with E-state index in [0.29, 0.717) is 17.8 Å². The molecule has 0 saturated heterocycles. The molecule has 172 valence electrons. The molecule has 6 nitrogen and oxygen atoms in total. The molecule has 0 aromatic heterocycles. The van der Waals surface area contributed by atoms with Gasteiger partial charge in [-0.15, -0.1) is 0 Å². The molecular formula is C26H28FN3O3. The molecule has 0 heterocycles. The summed E-state index contributed by atoms with van der Waals surface area (Å²) >= 11 is 0. The Bertz CT molecular complexity index is 1060. The summed E-state index contributed by atoms with van der Waals surface area (Å²) in [6.45, 7) is 4.21. The first-order valence-electron chi connectivity index (χ1n) is 10.5. The molecule has 2 aromatic carbocycles. The van der Waals surface area contributed by atoms with Gasteiger partial charge in [-0.1, -0.05) is 18.9 Å². The maximum atomic E-state index is 12.9. The van der Waals surface area contributed by atoms with Crippen LogP contribution < -0.4 is 10.6 Å². The largest absolute Gasteiger partial charge is 0.501 e. The molecule has 0 fully saturated rings. The number of aliphatic hydroxyl groups is 1. The lowest BCUT2D eigenvalue weighted by atomic mass is 10.2. The Morgan fingerprint density at radius 1 is 1.12 bits per heavy atom. The normalized spacial score (nSPS) is 11.9. The van der Waals surface area contributed by atoms with Crippen molar-refractivity contribution in [2.45, 2.75) is 26.3 Å². The van der Waals surface area contributed by atoms with Crippen molar-refractivity contribution in [2.24, 2.45) is 0 Å². The summed E-state index contributed by atoms with van der Waals surface area (Å²) in [7, 11) is 1.79. The molecule has 2 amide bonds. The molecule has 2 rings (SSSR count). The minimum absolute atomic E-state index is 0.0258. The van der Waals surface area contributed by atoms with Gasteiger partial charge in [0.1, 0.15) is 5.82 Å². The number of likely N-dealkylation sites (N-methyl/N-ethyl adjacent to an activating group) is 1.